The van der Waals surface area contributed by atoms with Gasteiger partial charge in [-0.25, -0.2) is 0 Å². The Morgan fingerprint density at radius 2 is 2.06 bits per heavy atom. The van der Waals surface area contributed by atoms with Gasteiger partial charge in [0.25, 0.3) is 0 Å². The molecule has 1 saturated heterocycles. The maximum absolute atomic E-state index is 10.7. The number of hydrogen-bond donors (Lipinski definition) is 1. The topological polar surface area (TPSA) is 43.8 Å². The molecule has 1 aromatic carbocycles. The Balaban J connectivity index is 1.98. The summed E-state index contributed by atoms with van der Waals surface area (Å²) >= 11 is 0. The molecule has 0 amide bonds. The minimum atomic E-state index is -0.708. The van der Waals surface area contributed by atoms with Crippen molar-refractivity contribution in [2.75, 3.05) is 31.6 Å². The summed E-state index contributed by atoms with van der Waals surface area (Å²) in [6, 6.07) is 10.6. The van der Waals surface area contributed by atoms with Crippen LogP contribution in [0.25, 0.3) is 0 Å². The number of para-hydroxylation sites is 1. The summed E-state index contributed by atoms with van der Waals surface area (Å²) in [7, 11) is 2.08. The second kappa shape index (κ2) is 5.87. The lowest BCUT2D eigenvalue weighted by Gasteiger charge is -2.40. The van der Waals surface area contributed by atoms with Gasteiger partial charge in [0.2, 0.25) is 0 Å². The van der Waals surface area contributed by atoms with Crippen molar-refractivity contribution in [1.82, 2.24) is 4.90 Å². The molecule has 1 aromatic rings. The number of hydrogen-bond acceptors (Lipinski definition) is 3. The van der Waals surface area contributed by atoms with Crippen LogP contribution < -0.4 is 4.90 Å². The van der Waals surface area contributed by atoms with Crippen molar-refractivity contribution >= 4 is 11.7 Å². The molecule has 1 unspecified atom stereocenters. The van der Waals surface area contributed by atoms with Crippen LogP contribution in [0.15, 0.2) is 30.3 Å². The first-order valence-electron chi connectivity index (χ1n) is 6.39. The summed E-state index contributed by atoms with van der Waals surface area (Å²) in [4.78, 5) is 15.3. The van der Waals surface area contributed by atoms with Crippen LogP contribution in [0.2, 0.25) is 0 Å². The van der Waals surface area contributed by atoms with Crippen molar-refractivity contribution in [1.29, 1.82) is 0 Å². The first-order chi connectivity index (χ1) is 8.66. The minimum Gasteiger partial charge on any atom is -0.481 e. The highest BCUT2D eigenvalue weighted by atomic mass is 16.4. The van der Waals surface area contributed by atoms with Gasteiger partial charge in [0, 0.05) is 37.8 Å². The number of carboxylic acid groups (broad SMARTS) is 1. The molecule has 0 radical (unpaired) electrons. The van der Waals surface area contributed by atoms with Crippen molar-refractivity contribution in [2.45, 2.75) is 18.9 Å². The number of rotatable bonds is 4. The van der Waals surface area contributed by atoms with Crippen LogP contribution in [0.1, 0.15) is 12.8 Å². The van der Waals surface area contributed by atoms with Crippen molar-refractivity contribution < 1.29 is 9.90 Å². The third kappa shape index (κ3) is 3.23. The number of likely N-dealkylation sites (N-methyl/N-ethyl adjacent to an activating group) is 1. The van der Waals surface area contributed by atoms with Gasteiger partial charge in [-0.15, -0.1) is 0 Å². The molecule has 0 bridgehead atoms. The molecular weight excluding hydrogens is 228 g/mol. The molecule has 1 aliphatic heterocycles. The maximum atomic E-state index is 10.7. The molecule has 0 aromatic heterocycles. The number of nitrogens with zero attached hydrogens (tertiary/aromatic N) is 2. The van der Waals surface area contributed by atoms with E-state index in [4.69, 9.17) is 5.11 Å². The molecule has 0 spiro atoms. The Morgan fingerprint density at radius 3 is 2.72 bits per heavy atom. The van der Waals surface area contributed by atoms with E-state index >= 15 is 0 Å². The lowest BCUT2D eigenvalue weighted by atomic mass is 10.1. The highest BCUT2D eigenvalue weighted by molar-refractivity contribution is 5.66. The highest BCUT2D eigenvalue weighted by Crippen LogP contribution is 2.19. The van der Waals surface area contributed by atoms with Gasteiger partial charge in [0.15, 0.2) is 0 Å². The number of carbonyl (C=O) groups is 1. The quantitative estimate of drug-likeness (QED) is 0.880. The van der Waals surface area contributed by atoms with Crippen LogP contribution in [-0.2, 0) is 4.79 Å². The summed E-state index contributed by atoms with van der Waals surface area (Å²) < 4.78 is 0. The molecule has 0 saturated carbocycles. The predicted molar refractivity (Wildman–Crippen MR) is 71.9 cm³/mol. The Kier molecular flexibility index (Phi) is 4.20. The zero-order valence-electron chi connectivity index (χ0n) is 10.7. The fourth-order valence-corrected chi connectivity index (χ4v) is 2.42. The maximum Gasteiger partial charge on any atom is 0.303 e. The molecule has 1 heterocycles. The number of carboxylic acids is 1. The van der Waals surface area contributed by atoms with Gasteiger partial charge in [0.1, 0.15) is 0 Å². The van der Waals surface area contributed by atoms with E-state index in [1.165, 1.54) is 5.69 Å². The number of anilines is 1. The van der Waals surface area contributed by atoms with Gasteiger partial charge >= 0.3 is 5.97 Å². The van der Waals surface area contributed by atoms with Gasteiger partial charge in [0.05, 0.1) is 0 Å². The average Bonchev–Trinajstić information content (AvgIpc) is 2.38. The van der Waals surface area contributed by atoms with E-state index in [0.717, 1.165) is 26.1 Å². The van der Waals surface area contributed by atoms with E-state index in [0.29, 0.717) is 6.04 Å². The van der Waals surface area contributed by atoms with Gasteiger partial charge in [-0.2, -0.15) is 0 Å². The van der Waals surface area contributed by atoms with Gasteiger partial charge in [-0.3, -0.25) is 9.69 Å². The zero-order valence-corrected chi connectivity index (χ0v) is 10.7. The average molecular weight is 248 g/mol. The molecule has 1 N–H and O–H groups in total. The van der Waals surface area contributed by atoms with Crippen LogP contribution in [0, 0.1) is 0 Å². The Labute approximate surface area is 108 Å². The molecule has 4 nitrogen and oxygen atoms in total. The molecule has 0 aliphatic carbocycles. The second-order valence-electron chi connectivity index (χ2n) is 4.85. The van der Waals surface area contributed by atoms with E-state index < -0.39 is 5.97 Å². The molecule has 1 atom stereocenters. The lowest BCUT2D eigenvalue weighted by Crippen LogP contribution is -2.51. The van der Waals surface area contributed by atoms with Gasteiger partial charge in [-0.05, 0) is 25.6 Å². The van der Waals surface area contributed by atoms with Crippen LogP contribution in [0.5, 0.6) is 0 Å². The largest absolute Gasteiger partial charge is 0.481 e. The third-order valence-corrected chi connectivity index (χ3v) is 3.59. The number of benzene rings is 1. The van der Waals surface area contributed by atoms with Crippen molar-refractivity contribution in [3.05, 3.63) is 30.3 Å². The third-order valence-electron chi connectivity index (χ3n) is 3.59. The Bertz CT molecular complexity index is 394. The van der Waals surface area contributed by atoms with Gasteiger partial charge < -0.3 is 10.0 Å². The second-order valence-corrected chi connectivity index (χ2v) is 4.85. The molecule has 4 heteroatoms. The standard InChI is InChI=1S/C14H20N2O2/c1-15-9-10-16(12-5-3-2-4-6-12)11-13(15)7-8-14(17)18/h2-6,13H,7-11H2,1H3,(H,17,18). The normalized spacial score (nSPS) is 20.9. The molecule has 1 fully saturated rings. The minimum absolute atomic E-state index is 0.248. The van der Waals surface area contributed by atoms with Gasteiger partial charge in [-0.1, -0.05) is 18.2 Å². The number of aliphatic carboxylic acids is 1. The van der Waals surface area contributed by atoms with E-state index in [2.05, 4.69) is 29.0 Å². The highest BCUT2D eigenvalue weighted by Gasteiger charge is 2.24. The smallest absolute Gasteiger partial charge is 0.303 e. The van der Waals surface area contributed by atoms with Crippen LogP contribution in [-0.4, -0.2) is 48.7 Å². The van der Waals surface area contributed by atoms with Crippen molar-refractivity contribution in [2.24, 2.45) is 0 Å². The van der Waals surface area contributed by atoms with E-state index in [1.54, 1.807) is 0 Å². The first kappa shape index (κ1) is 12.9. The summed E-state index contributed by atoms with van der Waals surface area (Å²) in [6.07, 6.45) is 0.965. The molecule has 18 heavy (non-hydrogen) atoms. The van der Waals surface area contributed by atoms with Crippen LogP contribution in [0.4, 0.5) is 5.69 Å². The fraction of sp³-hybridized carbons (Fsp3) is 0.500. The fourth-order valence-electron chi connectivity index (χ4n) is 2.42. The monoisotopic (exact) mass is 248 g/mol. The summed E-state index contributed by atoms with van der Waals surface area (Å²) in [5.41, 5.74) is 1.23. The van der Waals surface area contributed by atoms with E-state index in [-0.39, 0.29) is 6.42 Å². The van der Waals surface area contributed by atoms with Crippen LogP contribution in [0.3, 0.4) is 0 Å². The van der Waals surface area contributed by atoms with Crippen molar-refractivity contribution in [3.8, 4) is 0 Å². The van der Waals surface area contributed by atoms with E-state index in [9.17, 15) is 4.79 Å². The number of piperazine rings is 1. The zero-order chi connectivity index (χ0) is 13.0. The lowest BCUT2D eigenvalue weighted by molar-refractivity contribution is -0.137. The van der Waals surface area contributed by atoms with Crippen molar-refractivity contribution in [3.63, 3.8) is 0 Å². The first-order valence-corrected chi connectivity index (χ1v) is 6.39. The summed E-state index contributed by atoms with van der Waals surface area (Å²) in [5, 5.41) is 8.78. The Hall–Kier alpha value is -1.55. The predicted octanol–water partition coefficient (Wildman–Crippen LogP) is 1.67. The van der Waals surface area contributed by atoms with E-state index in [1.807, 2.05) is 18.2 Å². The molecule has 1 aliphatic rings. The molecule has 98 valence electrons. The van der Waals surface area contributed by atoms with Crippen LogP contribution >= 0.6 is 0 Å². The SMILES string of the molecule is CN1CCN(c2ccccc2)CC1CCC(=O)O. The summed E-state index contributed by atoms with van der Waals surface area (Å²) in [6.45, 7) is 2.90. The summed E-state index contributed by atoms with van der Waals surface area (Å²) in [5.74, 6) is -0.708. The Morgan fingerprint density at radius 1 is 1.33 bits per heavy atom. The molecular formula is C14H20N2O2. The molecule has 2 rings (SSSR count).